The van der Waals surface area contributed by atoms with Gasteiger partial charge in [0, 0.05) is 41.4 Å². The van der Waals surface area contributed by atoms with Crippen molar-refractivity contribution >= 4 is 23.2 Å². The number of benzene rings is 3. The minimum atomic E-state index is -0.307. The van der Waals surface area contributed by atoms with Crippen molar-refractivity contribution in [3.05, 3.63) is 107 Å². The van der Waals surface area contributed by atoms with Gasteiger partial charge >= 0.3 is 0 Å². The number of rotatable bonds is 5. The third-order valence-electron chi connectivity index (χ3n) is 6.49. The average Bonchev–Trinajstić information content (AvgIpc) is 3.27. The van der Waals surface area contributed by atoms with Crippen molar-refractivity contribution in [1.29, 1.82) is 0 Å². The fourth-order valence-electron chi connectivity index (χ4n) is 4.54. The van der Waals surface area contributed by atoms with Crippen LogP contribution in [0, 0.1) is 6.92 Å². The van der Waals surface area contributed by atoms with Crippen molar-refractivity contribution in [2.75, 3.05) is 24.4 Å². The lowest BCUT2D eigenvalue weighted by Gasteiger charge is -2.23. The minimum absolute atomic E-state index is 0.0881. The minimum Gasteiger partial charge on any atom is -0.497 e. The standard InChI is InChI=1S/C29H27N3O4/c1-19-15-20(10-13-25(19)30-28(33)24-12-11-23(35-2)16-27(24)36-3)29(34)32-18-22-8-6-14-31(22)17-21-7-4-5-9-26(21)32/h4-16H,17-18H2,1-3H3,(H,30,33). The number of amides is 2. The molecule has 7 nitrogen and oxygen atoms in total. The Labute approximate surface area is 209 Å². The summed E-state index contributed by atoms with van der Waals surface area (Å²) in [6, 6.07) is 22.4. The summed E-state index contributed by atoms with van der Waals surface area (Å²) in [7, 11) is 3.07. The van der Waals surface area contributed by atoms with Gasteiger partial charge in [0.15, 0.2) is 0 Å². The molecule has 0 aliphatic carbocycles. The molecule has 1 N–H and O–H groups in total. The van der Waals surface area contributed by atoms with E-state index in [1.165, 1.54) is 7.11 Å². The molecule has 2 heterocycles. The molecule has 7 heteroatoms. The van der Waals surface area contributed by atoms with Gasteiger partial charge in [0.2, 0.25) is 0 Å². The van der Waals surface area contributed by atoms with E-state index in [9.17, 15) is 9.59 Å². The van der Waals surface area contributed by atoms with Crippen molar-refractivity contribution in [3.8, 4) is 11.5 Å². The van der Waals surface area contributed by atoms with E-state index in [1.807, 2.05) is 54.4 Å². The lowest BCUT2D eigenvalue weighted by Crippen LogP contribution is -2.30. The lowest BCUT2D eigenvalue weighted by atomic mass is 10.1. The van der Waals surface area contributed by atoms with Crippen LogP contribution in [0.3, 0.4) is 0 Å². The number of hydrogen-bond acceptors (Lipinski definition) is 4. The molecule has 0 bridgehead atoms. The molecule has 4 aromatic rings. The molecule has 182 valence electrons. The first-order valence-corrected chi connectivity index (χ1v) is 11.7. The van der Waals surface area contributed by atoms with Crippen molar-refractivity contribution < 1.29 is 19.1 Å². The van der Waals surface area contributed by atoms with Crippen molar-refractivity contribution in [2.45, 2.75) is 20.0 Å². The van der Waals surface area contributed by atoms with Crippen LogP contribution in [0.5, 0.6) is 11.5 Å². The molecule has 0 saturated carbocycles. The van der Waals surface area contributed by atoms with E-state index in [4.69, 9.17) is 9.47 Å². The quantitative estimate of drug-likeness (QED) is 0.421. The fraction of sp³-hybridized carbons (Fsp3) is 0.172. The number of ether oxygens (including phenoxy) is 2. The van der Waals surface area contributed by atoms with Gasteiger partial charge < -0.3 is 24.3 Å². The number of nitrogens with one attached hydrogen (secondary N) is 1. The number of aromatic nitrogens is 1. The van der Waals surface area contributed by atoms with Crippen LogP contribution in [0.1, 0.15) is 37.5 Å². The van der Waals surface area contributed by atoms with E-state index < -0.39 is 0 Å². The first kappa shape index (κ1) is 23.2. The van der Waals surface area contributed by atoms with Gasteiger partial charge in [-0.1, -0.05) is 18.2 Å². The monoisotopic (exact) mass is 481 g/mol. The zero-order chi connectivity index (χ0) is 25.2. The van der Waals surface area contributed by atoms with Crippen LogP contribution in [-0.2, 0) is 13.1 Å². The van der Waals surface area contributed by atoms with E-state index in [1.54, 1.807) is 37.4 Å². The van der Waals surface area contributed by atoms with Crippen molar-refractivity contribution in [3.63, 3.8) is 0 Å². The second-order valence-electron chi connectivity index (χ2n) is 8.70. The van der Waals surface area contributed by atoms with Crippen LogP contribution in [0.4, 0.5) is 11.4 Å². The van der Waals surface area contributed by atoms with Crippen molar-refractivity contribution in [2.24, 2.45) is 0 Å². The highest BCUT2D eigenvalue weighted by atomic mass is 16.5. The van der Waals surface area contributed by atoms with Gasteiger partial charge in [0.25, 0.3) is 11.8 Å². The predicted octanol–water partition coefficient (Wildman–Crippen LogP) is 5.27. The summed E-state index contributed by atoms with van der Waals surface area (Å²) in [4.78, 5) is 28.5. The second kappa shape index (κ2) is 9.62. The number of carbonyl (C=O) groups excluding carboxylic acids is 2. The number of aryl methyl sites for hydroxylation is 1. The van der Waals surface area contributed by atoms with Crippen LogP contribution < -0.4 is 19.7 Å². The predicted molar refractivity (Wildman–Crippen MR) is 139 cm³/mol. The van der Waals surface area contributed by atoms with Crippen molar-refractivity contribution in [1.82, 2.24) is 4.57 Å². The lowest BCUT2D eigenvalue weighted by molar-refractivity contribution is 0.0983. The highest BCUT2D eigenvalue weighted by Gasteiger charge is 2.25. The van der Waals surface area contributed by atoms with E-state index in [2.05, 4.69) is 16.0 Å². The topological polar surface area (TPSA) is 72.8 Å². The van der Waals surface area contributed by atoms with Gasteiger partial charge in [-0.05, 0) is 66.6 Å². The molecule has 0 spiro atoms. The third kappa shape index (κ3) is 4.31. The number of fused-ring (bicyclic) bond motifs is 2. The molecule has 3 aromatic carbocycles. The number of hydrogen-bond donors (Lipinski definition) is 1. The molecule has 0 unspecified atom stereocenters. The molecule has 5 rings (SSSR count). The number of para-hydroxylation sites is 1. The Morgan fingerprint density at radius 1 is 0.889 bits per heavy atom. The summed E-state index contributed by atoms with van der Waals surface area (Å²) in [5, 5.41) is 2.93. The molecule has 1 aliphatic rings. The Bertz CT molecular complexity index is 1460. The highest BCUT2D eigenvalue weighted by Crippen LogP contribution is 2.30. The molecule has 0 saturated heterocycles. The Morgan fingerprint density at radius 2 is 1.72 bits per heavy atom. The number of nitrogens with zero attached hydrogens (tertiary/aromatic N) is 2. The first-order chi connectivity index (χ1) is 17.5. The van der Waals surface area contributed by atoms with Gasteiger partial charge in [-0.3, -0.25) is 9.59 Å². The van der Waals surface area contributed by atoms with Crippen LogP contribution in [0.25, 0.3) is 0 Å². The largest absolute Gasteiger partial charge is 0.497 e. The second-order valence-corrected chi connectivity index (χ2v) is 8.70. The highest BCUT2D eigenvalue weighted by molar-refractivity contribution is 6.09. The number of carbonyl (C=O) groups is 2. The Hall–Kier alpha value is -4.52. The maximum Gasteiger partial charge on any atom is 0.259 e. The Balaban J connectivity index is 1.41. The zero-order valence-electron chi connectivity index (χ0n) is 20.4. The third-order valence-corrected chi connectivity index (χ3v) is 6.49. The number of anilines is 2. The molecule has 0 atom stereocenters. The zero-order valence-corrected chi connectivity index (χ0v) is 20.4. The van der Waals surface area contributed by atoms with Gasteiger partial charge in [-0.15, -0.1) is 0 Å². The molecule has 36 heavy (non-hydrogen) atoms. The first-order valence-electron chi connectivity index (χ1n) is 11.7. The molecule has 0 radical (unpaired) electrons. The average molecular weight is 482 g/mol. The van der Waals surface area contributed by atoms with E-state index in [0.29, 0.717) is 34.9 Å². The van der Waals surface area contributed by atoms with E-state index in [0.717, 1.165) is 29.1 Å². The summed E-state index contributed by atoms with van der Waals surface area (Å²) >= 11 is 0. The molecule has 2 amide bonds. The summed E-state index contributed by atoms with van der Waals surface area (Å²) in [6.07, 6.45) is 2.04. The molecule has 1 aliphatic heterocycles. The fourth-order valence-corrected chi connectivity index (χ4v) is 4.54. The molecular formula is C29H27N3O4. The maximum atomic E-state index is 13.7. The van der Waals surface area contributed by atoms with Crippen LogP contribution >= 0.6 is 0 Å². The maximum absolute atomic E-state index is 13.7. The smallest absolute Gasteiger partial charge is 0.259 e. The van der Waals surface area contributed by atoms with Crippen LogP contribution in [0.15, 0.2) is 79.0 Å². The molecule has 1 aromatic heterocycles. The molecule has 0 fully saturated rings. The van der Waals surface area contributed by atoms with Gasteiger partial charge in [-0.25, -0.2) is 0 Å². The van der Waals surface area contributed by atoms with E-state index >= 15 is 0 Å². The van der Waals surface area contributed by atoms with Gasteiger partial charge in [0.1, 0.15) is 11.5 Å². The SMILES string of the molecule is COc1ccc(C(=O)Nc2ccc(C(=O)N3Cc4cccn4Cc4ccccc43)cc2C)c(OC)c1. The Kier molecular flexibility index (Phi) is 6.21. The normalized spacial score (nSPS) is 12.2. The Morgan fingerprint density at radius 3 is 2.50 bits per heavy atom. The van der Waals surface area contributed by atoms with Crippen LogP contribution in [-0.4, -0.2) is 30.6 Å². The summed E-state index contributed by atoms with van der Waals surface area (Å²) in [5.41, 5.74) is 5.44. The summed E-state index contributed by atoms with van der Waals surface area (Å²) in [6.45, 7) is 3.08. The summed E-state index contributed by atoms with van der Waals surface area (Å²) in [5.74, 6) is 0.625. The van der Waals surface area contributed by atoms with Gasteiger partial charge in [-0.2, -0.15) is 0 Å². The molecular weight excluding hydrogens is 454 g/mol. The van der Waals surface area contributed by atoms with Crippen LogP contribution in [0.2, 0.25) is 0 Å². The van der Waals surface area contributed by atoms with E-state index in [-0.39, 0.29) is 11.8 Å². The number of methoxy groups -OCH3 is 2. The van der Waals surface area contributed by atoms with Gasteiger partial charge in [0.05, 0.1) is 26.3 Å². The summed E-state index contributed by atoms with van der Waals surface area (Å²) < 4.78 is 12.7.